The van der Waals surface area contributed by atoms with Gasteiger partial charge in [-0.2, -0.15) is 0 Å². The van der Waals surface area contributed by atoms with Gasteiger partial charge in [-0.3, -0.25) is 9.59 Å². The molecule has 2 saturated heterocycles. The molecule has 0 aromatic heterocycles. The molecule has 0 bridgehead atoms. The molecule has 2 fully saturated rings. The first-order valence-corrected chi connectivity index (χ1v) is 8.77. The third kappa shape index (κ3) is 3.95. The number of fused-ring (bicyclic) bond motifs is 1. The highest BCUT2D eigenvalue weighted by atomic mass is 19.1. The van der Waals surface area contributed by atoms with Gasteiger partial charge in [0.1, 0.15) is 17.9 Å². The minimum absolute atomic E-state index is 0.0989. The first-order chi connectivity index (χ1) is 12.3. The van der Waals surface area contributed by atoms with Crippen LogP contribution in [-0.4, -0.2) is 47.4 Å². The van der Waals surface area contributed by atoms with Crippen molar-refractivity contribution >= 4 is 23.5 Å². The van der Waals surface area contributed by atoms with E-state index in [0.717, 1.165) is 0 Å². The van der Waals surface area contributed by atoms with Crippen LogP contribution in [0.25, 0.3) is 0 Å². The molecule has 0 spiro atoms. The molecular formula is C18H23FN4O3. The minimum atomic E-state index is -0.551. The summed E-state index contributed by atoms with van der Waals surface area (Å²) in [6.07, 6.45) is 0.953. The maximum atomic E-state index is 13.2. The Bertz CT molecular complexity index is 724. The fraction of sp³-hybridized carbons (Fsp3) is 0.500. The standard InChI is InChI=1S/C18H23FN4O3/c1-10(2)6-14-17(25)23-9-13(8-15(23)16(24)22-14)21-18(26)20-12-5-3-4-11(19)7-12/h3-5,7,10,13-15H,6,8-9H2,1-2H3,(H,22,24)(H2,20,21,26)/t13-,14-,15-/m0/s1. The van der Waals surface area contributed by atoms with Crippen LogP contribution in [0.5, 0.6) is 0 Å². The van der Waals surface area contributed by atoms with E-state index in [-0.39, 0.29) is 23.8 Å². The lowest BCUT2D eigenvalue weighted by Crippen LogP contribution is -2.61. The van der Waals surface area contributed by atoms with Gasteiger partial charge in [-0.05, 0) is 37.0 Å². The summed E-state index contributed by atoms with van der Waals surface area (Å²) < 4.78 is 13.2. The number of carbonyl (C=O) groups excluding carboxylic acids is 3. The van der Waals surface area contributed by atoms with E-state index in [4.69, 9.17) is 0 Å². The fourth-order valence-electron chi connectivity index (χ4n) is 3.51. The van der Waals surface area contributed by atoms with Gasteiger partial charge in [-0.1, -0.05) is 19.9 Å². The third-order valence-electron chi connectivity index (χ3n) is 4.63. The molecule has 2 aliphatic rings. The number of urea groups is 1. The van der Waals surface area contributed by atoms with Gasteiger partial charge in [0.15, 0.2) is 0 Å². The monoisotopic (exact) mass is 362 g/mol. The van der Waals surface area contributed by atoms with Gasteiger partial charge in [0, 0.05) is 12.2 Å². The number of hydrogen-bond acceptors (Lipinski definition) is 3. The summed E-state index contributed by atoms with van der Waals surface area (Å²) in [6, 6.07) is 3.70. The van der Waals surface area contributed by atoms with Crippen LogP contribution in [0.4, 0.5) is 14.9 Å². The Morgan fingerprint density at radius 1 is 1.38 bits per heavy atom. The summed E-state index contributed by atoms with van der Waals surface area (Å²) in [5, 5.41) is 8.10. The van der Waals surface area contributed by atoms with Crippen LogP contribution >= 0.6 is 0 Å². The van der Waals surface area contributed by atoms with Crippen molar-refractivity contribution in [2.24, 2.45) is 5.92 Å². The molecule has 1 aromatic carbocycles. The van der Waals surface area contributed by atoms with Gasteiger partial charge >= 0.3 is 6.03 Å². The lowest BCUT2D eigenvalue weighted by molar-refractivity contribution is -0.147. The number of benzene rings is 1. The van der Waals surface area contributed by atoms with E-state index in [9.17, 15) is 18.8 Å². The maximum absolute atomic E-state index is 13.2. The van der Waals surface area contributed by atoms with Crippen molar-refractivity contribution in [3.8, 4) is 0 Å². The minimum Gasteiger partial charge on any atom is -0.342 e. The molecular weight excluding hydrogens is 339 g/mol. The molecule has 0 unspecified atom stereocenters. The highest BCUT2D eigenvalue weighted by Gasteiger charge is 2.46. The first kappa shape index (κ1) is 18.2. The average Bonchev–Trinajstić information content (AvgIpc) is 2.96. The predicted octanol–water partition coefficient (Wildman–Crippen LogP) is 1.46. The zero-order valence-corrected chi connectivity index (χ0v) is 14.8. The van der Waals surface area contributed by atoms with Crippen molar-refractivity contribution in [3.63, 3.8) is 0 Å². The number of hydrogen-bond donors (Lipinski definition) is 3. The Labute approximate surface area is 151 Å². The number of amides is 4. The van der Waals surface area contributed by atoms with Crippen LogP contribution in [0.2, 0.25) is 0 Å². The lowest BCUT2D eigenvalue weighted by atomic mass is 9.99. The summed E-state index contributed by atoms with van der Waals surface area (Å²) in [5.74, 6) is -0.433. The highest BCUT2D eigenvalue weighted by molar-refractivity contribution is 5.98. The molecule has 8 heteroatoms. The van der Waals surface area contributed by atoms with E-state index < -0.39 is 23.9 Å². The molecule has 0 aliphatic carbocycles. The van der Waals surface area contributed by atoms with Gasteiger partial charge in [-0.25, -0.2) is 9.18 Å². The summed E-state index contributed by atoms with van der Waals surface area (Å²) in [4.78, 5) is 38.6. The highest BCUT2D eigenvalue weighted by Crippen LogP contribution is 2.24. The summed E-state index contributed by atoms with van der Waals surface area (Å²) in [7, 11) is 0. The van der Waals surface area contributed by atoms with Crippen molar-refractivity contribution < 1.29 is 18.8 Å². The Kier molecular flexibility index (Phi) is 5.11. The molecule has 2 heterocycles. The number of nitrogens with zero attached hydrogens (tertiary/aromatic N) is 1. The van der Waals surface area contributed by atoms with Crippen molar-refractivity contribution in [1.82, 2.24) is 15.5 Å². The molecule has 26 heavy (non-hydrogen) atoms. The lowest BCUT2D eigenvalue weighted by Gasteiger charge is -2.35. The Morgan fingerprint density at radius 2 is 2.15 bits per heavy atom. The van der Waals surface area contributed by atoms with Crippen LogP contribution in [-0.2, 0) is 9.59 Å². The summed E-state index contributed by atoms with van der Waals surface area (Å²) in [5.41, 5.74) is 0.337. The second kappa shape index (κ2) is 7.31. The number of rotatable bonds is 4. The number of nitrogens with one attached hydrogen (secondary N) is 3. The molecule has 0 saturated carbocycles. The molecule has 3 atom stereocenters. The maximum Gasteiger partial charge on any atom is 0.319 e. The van der Waals surface area contributed by atoms with Crippen molar-refractivity contribution in [1.29, 1.82) is 0 Å². The van der Waals surface area contributed by atoms with Crippen molar-refractivity contribution in [2.75, 3.05) is 11.9 Å². The first-order valence-electron chi connectivity index (χ1n) is 8.77. The molecule has 3 rings (SSSR count). The zero-order valence-electron chi connectivity index (χ0n) is 14.8. The van der Waals surface area contributed by atoms with Crippen LogP contribution in [0.15, 0.2) is 24.3 Å². The number of carbonyl (C=O) groups is 3. The van der Waals surface area contributed by atoms with Crippen LogP contribution in [0.1, 0.15) is 26.7 Å². The van der Waals surface area contributed by atoms with E-state index in [2.05, 4.69) is 16.0 Å². The van der Waals surface area contributed by atoms with E-state index >= 15 is 0 Å². The Hall–Kier alpha value is -2.64. The SMILES string of the molecule is CC(C)C[C@@H]1NC(=O)[C@@H]2C[C@H](NC(=O)Nc3cccc(F)c3)CN2C1=O. The average molecular weight is 362 g/mol. The van der Waals surface area contributed by atoms with E-state index in [1.165, 1.54) is 18.2 Å². The summed E-state index contributed by atoms with van der Waals surface area (Å²) in [6.45, 7) is 4.29. The van der Waals surface area contributed by atoms with E-state index in [1.807, 2.05) is 13.8 Å². The second-order valence-electron chi connectivity index (χ2n) is 7.24. The molecule has 140 valence electrons. The van der Waals surface area contributed by atoms with Crippen LogP contribution < -0.4 is 16.0 Å². The number of anilines is 1. The quantitative estimate of drug-likeness (QED) is 0.757. The van der Waals surface area contributed by atoms with Gasteiger partial charge in [-0.15, -0.1) is 0 Å². The molecule has 3 N–H and O–H groups in total. The summed E-state index contributed by atoms with van der Waals surface area (Å²) >= 11 is 0. The van der Waals surface area contributed by atoms with Gasteiger partial charge in [0.2, 0.25) is 11.8 Å². The molecule has 2 aliphatic heterocycles. The molecule has 0 radical (unpaired) electrons. The smallest absolute Gasteiger partial charge is 0.319 e. The topological polar surface area (TPSA) is 90.5 Å². The van der Waals surface area contributed by atoms with Crippen LogP contribution in [0.3, 0.4) is 0 Å². The van der Waals surface area contributed by atoms with Crippen LogP contribution in [0, 0.1) is 11.7 Å². The zero-order chi connectivity index (χ0) is 18.8. The Morgan fingerprint density at radius 3 is 2.85 bits per heavy atom. The molecule has 4 amide bonds. The largest absolute Gasteiger partial charge is 0.342 e. The number of piperazine rings is 1. The number of halogens is 1. The normalized spacial score (nSPS) is 25.1. The molecule has 1 aromatic rings. The third-order valence-corrected chi connectivity index (χ3v) is 4.63. The fourth-order valence-corrected chi connectivity index (χ4v) is 3.51. The van der Waals surface area contributed by atoms with E-state index in [0.29, 0.717) is 25.1 Å². The molecule has 7 nitrogen and oxygen atoms in total. The van der Waals surface area contributed by atoms with E-state index in [1.54, 1.807) is 11.0 Å². The second-order valence-corrected chi connectivity index (χ2v) is 7.24. The van der Waals surface area contributed by atoms with Gasteiger partial charge in [0.05, 0.1) is 6.04 Å². The van der Waals surface area contributed by atoms with Gasteiger partial charge in [0.25, 0.3) is 0 Å². The van der Waals surface area contributed by atoms with Gasteiger partial charge < -0.3 is 20.9 Å². The predicted molar refractivity (Wildman–Crippen MR) is 93.8 cm³/mol. The van der Waals surface area contributed by atoms with Crippen molar-refractivity contribution in [3.05, 3.63) is 30.1 Å². The Balaban J connectivity index is 1.59. The van der Waals surface area contributed by atoms with Crippen molar-refractivity contribution in [2.45, 2.75) is 44.8 Å².